The molecule has 0 aliphatic carbocycles. The van der Waals surface area contributed by atoms with Gasteiger partial charge in [0.05, 0.1) is 0 Å². The van der Waals surface area contributed by atoms with Crippen molar-refractivity contribution in [3.05, 3.63) is 39.2 Å². The van der Waals surface area contributed by atoms with Gasteiger partial charge in [0, 0.05) is 0 Å². The molecule has 1 aromatic carbocycles. The number of para-hydroxylation sites is 1. The number of rotatable bonds is 2. The van der Waals surface area contributed by atoms with E-state index in [2.05, 4.69) is 0 Å². The molecular formula is C9H5ClOS3. The van der Waals surface area contributed by atoms with Crippen LogP contribution < -0.4 is 4.74 Å². The van der Waals surface area contributed by atoms with E-state index in [9.17, 15) is 0 Å². The fraction of sp³-hybridized carbons (Fsp3) is 0. The molecule has 0 bridgehead atoms. The summed E-state index contributed by atoms with van der Waals surface area (Å²) in [5.41, 5.74) is 0. The average molecular weight is 261 g/mol. The van der Waals surface area contributed by atoms with Crippen molar-refractivity contribution in [3.8, 4) is 10.8 Å². The lowest BCUT2D eigenvalue weighted by atomic mass is 10.3. The first-order chi connectivity index (χ1) is 6.77. The lowest BCUT2D eigenvalue weighted by molar-refractivity contribution is 0.497. The third-order valence-electron chi connectivity index (χ3n) is 1.51. The first-order valence-electron chi connectivity index (χ1n) is 3.79. The van der Waals surface area contributed by atoms with Crippen LogP contribution in [0.5, 0.6) is 10.8 Å². The zero-order valence-corrected chi connectivity index (χ0v) is 10.1. The Balaban J connectivity index is 2.28. The maximum Gasteiger partial charge on any atom is 0.211 e. The summed E-state index contributed by atoms with van der Waals surface area (Å²) in [5.74, 6) is 0.776. The highest BCUT2D eigenvalue weighted by molar-refractivity contribution is 7.80. The van der Waals surface area contributed by atoms with E-state index in [1.165, 1.54) is 20.7 Å². The smallest absolute Gasteiger partial charge is 0.211 e. The molecule has 0 unspecified atom stereocenters. The lowest BCUT2D eigenvalue weighted by Gasteiger charge is -2.01. The van der Waals surface area contributed by atoms with E-state index < -0.39 is 0 Å². The summed E-state index contributed by atoms with van der Waals surface area (Å²) in [5, 5.41) is 1.21. The van der Waals surface area contributed by atoms with E-state index in [0.717, 1.165) is 5.75 Å². The Hall–Kier alpha value is -0.420. The molecule has 1 nitrogen and oxygen atoms in total. The third-order valence-corrected chi connectivity index (χ3v) is 5.05. The molecule has 0 fully saturated rings. The summed E-state index contributed by atoms with van der Waals surface area (Å²) in [6, 6.07) is 9.52. The fourth-order valence-corrected chi connectivity index (χ4v) is 3.64. The molecular weight excluding hydrogens is 256 g/mol. The van der Waals surface area contributed by atoms with Crippen LogP contribution in [0.4, 0.5) is 0 Å². The van der Waals surface area contributed by atoms with Crippen LogP contribution in [-0.2, 0) is 0 Å². The van der Waals surface area contributed by atoms with E-state index >= 15 is 0 Å². The molecule has 2 aromatic rings. The number of hydrogen-bond donors (Lipinski definition) is 0. The fourth-order valence-electron chi connectivity index (χ4n) is 0.890. The van der Waals surface area contributed by atoms with Gasteiger partial charge >= 0.3 is 0 Å². The van der Waals surface area contributed by atoms with Crippen molar-refractivity contribution in [1.82, 2.24) is 0 Å². The summed E-state index contributed by atoms with van der Waals surface area (Å²) in [6.45, 7) is 0. The van der Waals surface area contributed by atoms with Crippen LogP contribution in [0.2, 0.25) is 5.02 Å². The predicted octanol–water partition coefficient (Wildman–Crippen LogP) is 4.98. The lowest BCUT2D eigenvalue weighted by Crippen LogP contribution is -1.79. The number of hydrogen-bond acceptors (Lipinski definition) is 4. The van der Waals surface area contributed by atoms with Crippen molar-refractivity contribution >= 4 is 44.5 Å². The van der Waals surface area contributed by atoms with Crippen LogP contribution in [0.1, 0.15) is 0 Å². The minimum absolute atomic E-state index is 0.541. The maximum absolute atomic E-state index is 5.95. The second-order valence-corrected chi connectivity index (χ2v) is 5.63. The Morgan fingerprint density at radius 2 is 1.86 bits per heavy atom. The Morgan fingerprint density at radius 1 is 1.14 bits per heavy atom. The zero-order valence-electron chi connectivity index (χ0n) is 6.90. The molecule has 0 atom stereocenters. The highest BCUT2D eigenvalue weighted by Crippen LogP contribution is 2.39. The van der Waals surface area contributed by atoms with Gasteiger partial charge in [-0.1, -0.05) is 52.4 Å². The molecule has 0 spiro atoms. The van der Waals surface area contributed by atoms with Crippen LogP contribution in [0.3, 0.4) is 0 Å². The summed E-state index contributed by atoms with van der Waals surface area (Å²) in [7, 11) is 2.90. The second kappa shape index (κ2) is 4.40. The van der Waals surface area contributed by atoms with Gasteiger partial charge in [-0.25, -0.2) is 0 Å². The van der Waals surface area contributed by atoms with Crippen molar-refractivity contribution in [2.24, 2.45) is 0 Å². The van der Waals surface area contributed by atoms with Crippen LogP contribution >= 0.6 is 44.5 Å². The average Bonchev–Trinajstić information content (AvgIpc) is 2.52. The molecule has 0 aliphatic rings. The standard InChI is InChI=1S/C9H5ClOS3/c10-7-8(13-14-9(7)12)11-6-4-2-1-3-5-6/h1-5H. The van der Waals surface area contributed by atoms with Crippen molar-refractivity contribution < 1.29 is 4.74 Å². The molecule has 0 aliphatic heterocycles. The van der Waals surface area contributed by atoms with Crippen molar-refractivity contribution in [3.63, 3.8) is 0 Å². The second-order valence-electron chi connectivity index (χ2n) is 2.47. The Kier molecular flexibility index (Phi) is 3.18. The van der Waals surface area contributed by atoms with Crippen LogP contribution in [0, 0.1) is 3.82 Å². The van der Waals surface area contributed by atoms with Gasteiger partial charge in [0.25, 0.3) is 0 Å². The van der Waals surface area contributed by atoms with Crippen molar-refractivity contribution in [2.45, 2.75) is 0 Å². The number of halogens is 1. The Labute approximate surface area is 98.9 Å². The van der Waals surface area contributed by atoms with Crippen LogP contribution in [0.25, 0.3) is 0 Å². The largest absolute Gasteiger partial charge is 0.444 e. The molecule has 2 rings (SSSR count). The van der Waals surface area contributed by atoms with Crippen LogP contribution in [0.15, 0.2) is 30.3 Å². The summed E-state index contributed by atoms with van der Waals surface area (Å²) in [4.78, 5) is 0. The Morgan fingerprint density at radius 3 is 2.43 bits per heavy atom. The van der Waals surface area contributed by atoms with Gasteiger partial charge in [-0.2, -0.15) is 0 Å². The summed E-state index contributed by atoms with van der Waals surface area (Å²) >= 11 is 11.0. The monoisotopic (exact) mass is 260 g/mol. The van der Waals surface area contributed by atoms with Gasteiger partial charge in [-0.05, 0) is 22.5 Å². The molecule has 72 valence electrons. The molecule has 14 heavy (non-hydrogen) atoms. The van der Waals surface area contributed by atoms with E-state index in [0.29, 0.717) is 13.9 Å². The van der Waals surface area contributed by atoms with Gasteiger partial charge in [0.2, 0.25) is 5.06 Å². The van der Waals surface area contributed by atoms with Crippen LogP contribution in [-0.4, -0.2) is 0 Å². The first-order valence-corrected chi connectivity index (χ1v) is 6.72. The molecule has 0 radical (unpaired) electrons. The van der Waals surface area contributed by atoms with E-state index in [1.807, 2.05) is 30.3 Å². The van der Waals surface area contributed by atoms with Gasteiger partial charge < -0.3 is 4.74 Å². The van der Waals surface area contributed by atoms with E-state index in [4.69, 9.17) is 28.6 Å². The normalized spacial score (nSPS) is 10.1. The van der Waals surface area contributed by atoms with E-state index in [-0.39, 0.29) is 0 Å². The molecule has 0 saturated heterocycles. The summed E-state index contributed by atoms with van der Waals surface area (Å²) in [6.07, 6.45) is 0. The summed E-state index contributed by atoms with van der Waals surface area (Å²) < 4.78 is 6.24. The van der Waals surface area contributed by atoms with Crippen molar-refractivity contribution in [1.29, 1.82) is 0 Å². The van der Waals surface area contributed by atoms with Gasteiger partial charge in [0.15, 0.2) is 0 Å². The molecule has 0 amide bonds. The predicted molar refractivity (Wildman–Crippen MR) is 64.6 cm³/mol. The molecule has 0 saturated carbocycles. The maximum atomic E-state index is 5.95. The quantitative estimate of drug-likeness (QED) is 0.556. The van der Waals surface area contributed by atoms with Gasteiger partial charge in [-0.15, -0.1) is 0 Å². The minimum atomic E-state index is 0.541. The van der Waals surface area contributed by atoms with Gasteiger partial charge in [0.1, 0.15) is 14.6 Å². The van der Waals surface area contributed by atoms with E-state index in [1.54, 1.807) is 0 Å². The molecule has 0 N–H and O–H groups in total. The first kappa shape index (κ1) is 10.1. The number of benzene rings is 1. The molecule has 1 aromatic heterocycles. The Bertz CT molecular complexity index is 474. The SMILES string of the molecule is S=c1ssc(Oc2ccccc2)c1Cl. The zero-order chi connectivity index (χ0) is 9.97. The van der Waals surface area contributed by atoms with Gasteiger partial charge in [-0.3, -0.25) is 0 Å². The topological polar surface area (TPSA) is 9.23 Å². The highest BCUT2D eigenvalue weighted by Gasteiger charge is 2.07. The molecule has 5 heteroatoms. The number of ether oxygens (including phenoxy) is 1. The third kappa shape index (κ3) is 2.15. The van der Waals surface area contributed by atoms with Crippen molar-refractivity contribution in [2.75, 3.05) is 0 Å². The molecule has 1 heterocycles. The highest BCUT2D eigenvalue weighted by atomic mass is 35.5. The minimum Gasteiger partial charge on any atom is -0.444 e.